The highest BCUT2D eigenvalue weighted by molar-refractivity contribution is 5.25. The number of hydrogen-bond acceptors (Lipinski definition) is 3. The van der Waals surface area contributed by atoms with Crippen LogP contribution in [0.5, 0.6) is 0 Å². The number of rotatable bonds is 5. The largest absolute Gasteiger partial charge is 0.393 e. The number of fused-ring (bicyclic) bond motifs is 5. The molecular weight excluding hydrogens is 384 g/mol. The van der Waals surface area contributed by atoms with Crippen molar-refractivity contribution in [3.8, 4) is 0 Å². The molecule has 0 aromatic carbocycles. The number of aliphatic hydroxyl groups excluding tert-OH is 2. The predicted octanol–water partition coefficient (Wildman–Crippen LogP) is 5.88. The Morgan fingerprint density at radius 2 is 1.84 bits per heavy atom. The molecule has 4 fully saturated rings. The van der Waals surface area contributed by atoms with Crippen molar-refractivity contribution < 1.29 is 14.9 Å². The molecule has 0 aromatic rings. The molecule has 5 aliphatic rings. The lowest BCUT2D eigenvalue weighted by molar-refractivity contribution is -0.0515. The smallest absolute Gasteiger partial charge is 0.0577 e. The summed E-state index contributed by atoms with van der Waals surface area (Å²) in [5.41, 5.74) is 2.46. The zero-order valence-electron chi connectivity index (χ0n) is 20.0. The van der Waals surface area contributed by atoms with Crippen LogP contribution in [0.1, 0.15) is 97.3 Å². The number of ether oxygens (including phenoxy) is 1. The van der Waals surface area contributed by atoms with Crippen LogP contribution in [0.25, 0.3) is 0 Å². The van der Waals surface area contributed by atoms with Crippen LogP contribution in [-0.2, 0) is 4.74 Å². The Labute approximate surface area is 190 Å². The summed E-state index contributed by atoms with van der Waals surface area (Å²) in [7, 11) is 0. The average molecular weight is 431 g/mol. The summed E-state index contributed by atoms with van der Waals surface area (Å²) in [6.45, 7) is 6.84. The van der Waals surface area contributed by atoms with Gasteiger partial charge in [-0.15, -0.1) is 0 Å². The highest BCUT2D eigenvalue weighted by atomic mass is 16.5. The van der Waals surface area contributed by atoms with E-state index in [1.54, 1.807) is 5.57 Å². The van der Waals surface area contributed by atoms with E-state index >= 15 is 0 Å². The number of hydrogen-bond donors (Lipinski definition) is 2. The second-order valence-electron chi connectivity index (χ2n) is 12.4. The van der Waals surface area contributed by atoms with Gasteiger partial charge in [0.2, 0.25) is 0 Å². The van der Waals surface area contributed by atoms with Gasteiger partial charge in [-0.1, -0.05) is 31.9 Å². The summed E-state index contributed by atoms with van der Waals surface area (Å²) in [6, 6.07) is 0. The Morgan fingerprint density at radius 3 is 2.65 bits per heavy atom. The minimum absolute atomic E-state index is 0.0999. The molecule has 2 N–H and O–H groups in total. The second-order valence-corrected chi connectivity index (χ2v) is 12.4. The minimum Gasteiger partial charge on any atom is -0.393 e. The van der Waals surface area contributed by atoms with Gasteiger partial charge < -0.3 is 14.9 Å². The van der Waals surface area contributed by atoms with Gasteiger partial charge in [0.1, 0.15) is 0 Å². The van der Waals surface area contributed by atoms with Gasteiger partial charge in [-0.3, -0.25) is 0 Å². The van der Waals surface area contributed by atoms with Crippen molar-refractivity contribution in [2.45, 2.75) is 110 Å². The molecule has 31 heavy (non-hydrogen) atoms. The maximum atomic E-state index is 10.7. The first-order valence-corrected chi connectivity index (χ1v) is 13.5. The summed E-state index contributed by atoms with van der Waals surface area (Å²) in [4.78, 5) is 0. The third kappa shape index (κ3) is 3.95. The Hall–Kier alpha value is -0.380. The van der Waals surface area contributed by atoms with E-state index in [9.17, 15) is 10.2 Å². The van der Waals surface area contributed by atoms with Crippen LogP contribution in [-0.4, -0.2) is 35.6 Å². The van der Waals surface area contributed by atoms with Gasteiger partial charge in [0.25, 0.3) is 0 Å². The van der Waals surface area contributed by atoms with Crippen LogP contribution in [0.4, 0.5) is 0 Å². The molecule has 1 heterocycles. The average Bonchev–Trinajstić information content (AvgIpc) is 3.11. The topological polar surface area (TPSA) is 49.7 Å². The van der Waals surface area contributed by atoms with Crippen LogP contribution < -0.4 is 0 Å². The van der Waals surface area contributed by atoms with E-state index in [0.717, 1.165) is 69.0 Å². The highest BCUT2D eigenvalue weighted by Gasteiger charge is 2.58. The summed E-state index contributed by atoms with van der Waals surface area (Å²) in [5, 5.41) is 20.9. The molecule has 0 bridgehead atoms. The Kier molecular flexibility index (Phi) is 6.34. The third-order valence-corrected chi connectivity index (χ3v) is 11.1. The maximum absolute atomic E-state index is 10.7. The Balaban J connectivity index is 1.21. The van der Waals surface area contributed by atoms with E-state index < -0.39 is 0 Å². The lowest BCUT2D eigenvalue weighted by atomic mass is 9.47. The Morgan fingerprint density at radius 1 is 1.03 bits per heavy atom. The SMILES string of the molecule is CC12CC[C@H](O)CC1=CCC1C2CC[C@]2(C)C(CCCC(O)C3CCOCC3)CCC12. The molecule has 3 nitrogen and oxygen atoms in total. The van der Waals surface area contributed by atoms with Crippen LogP contribution in [0.15, 0.2) is 11.6 Å². The van der Waals surface area contributed by atoms with Crippen molar-refractivity contribution in [1.82, 2.24) is 0 Å². The molecule has 0 amide bonds. The fraction of sp³-hybridized carbons (Fsp3) is 0.929. The van der Waals surface area contributed by atoms with E-state index in [2.05, 4.69) is 19.9 Å². The standard InChI is InChI=1S/C28H46O3/c1-27-15-11-25-23(8-6-21-18-22(29)10-14-28(21,25)2)24(27)9-7-20(27)4-3-5-26(30)19-12-16-31-17-13-19/h6,19-20,22-26,29-30H,3-5,7-18H2,1-2H3/t20?,22-,23?,24?,25?,26?,27+,28?/m0/s1. The van der Waals surface area contributed by atoms with Crippen LogP contribution in [0.3, 0.4) is 0 Å². The lowest BCUT2D eigenvalue weighted by Gasteiger charge is -2.58. The summed E-state index contributed by atoms with van der Waals surface area (Å²) < 4.78 is 5.47. The van der Waals surface area contributed by atoms with E-state index in [0.29, 0.717) is 16.7 Å². The van der Waals surface area contributed by atoms with Crippen molar-refractivity contribution >= 4 is 0 Å². The normalized spacial score (nSPS) is 46.6. The first kappa shape index (κ1) is 22.4. The molecule has 6 unspecified atom stereocenters. The molecule has 3 heteroatoms. The molecule has 3 saturated carbocycles. The van der Waals surface area contributed by atoms with Crippen molar-refractivity contribution in [3.05, 3.63) is 11.6 Å². The summed E-state index contributed by atoms with van der Waals surface area (Å²) in [5.74, 6) is 3.91. The van der Waals surface area contributed by atoms with E-state index in [1.165, 1.54) is 51.4 Å². The minimum atomic E-state index is -0.117. The summed E-state index contributed by atoms with van der Waals surface area (Å²) in [6.07, 6.45) is 17.9. The predicted molar refractivity (Wildman–Crippen MR) is 125 cm³/mol. The van der Waals surface area contributed by atoms with Gasteiger partial charge in [-0.25, -0.2) is 0 Å². The molecule has 0 radical (unpaired) electrons. The highest BCUT2D eigenvalue weighted by Crippen LogP contribution is 2.66. The zero-order chi connectivity index (χ0) is 21.6. The van der Waals surface area contributed by atoms with Gasteiger partial charge >= 0.3 is 0 Å². The van der Waals surface area contributed by atoms with Crippen LogP contribution >= 0.6 is 0 Å². The van der Waals surface area contributed by atoms with Gasteiger partial charge in [0.05, 0.1) is 12.2 Å². The second kappa shape index (κ2) is 8.76. The molecule has 176 valence electrons. The van der Waals surface area contributed by atoms with Crippen molar-refractivity contribution in [2.24, 2.45) is 40.4 Å². The van der Waals surface area contributed by atoms with Crippen molar-refractivity contribution in [3.63, 3.8) is 0 Å². The molecular formula is C28H46O3. The number of aliphatic hydroxyl groups is 2. The monoisotopic (exact) mass is 430 g/mol. The molecule has 5 rings (SSSR count). The maximum Gasteiger partial charge on any atom is 0.0577 e. The van der Waals surface area contributed by atoms with E-state index in [4.69, 9.17) is 4.74 Å². The van der Waals surface area contributed by atoms with Crippen molar-refractivity contribution in [2.75, 3.05) is 13.2 Å². The van der Waals surface area contributed by atoms with Crippen molar-refractivity contribution in [1.29, 1.82) is 0 Å². The fourth-order valence-electron chi connectivity index (χ4n) is 9.13. The van der Waals surface area contributed by atoms with Crippen LogP contribution in [0, 0.1) is 40.4 Å². The summed E-state index contributed by atoms with van der Waals surface area (Å²) >= 11 is 0. The van der Waals surface area contributed by atoms with Gasteiger partial charge in [-0.05, 0) is 117 Å². The van der Waals surface area contributed by atoms with Gasteiger partial charge in [0.15, 0.2) is 0 Å². The molecule has 0 spiro atoms. The molecule has 0 aromatic heterocycles. The molecule has 1 aliphatic heterocycles. The molecule has 4 aliphatic carbocycles. The third-order valence-electron chi connectivity index (χ3n) is 11.1. The number of allylic oxidation sites excluding steroid dienone is 1. The van der Waals surface area contributed by atoms with E-state index in [1.807, 2.05) is 0 Å². The first-order chi connectivity index (χ1) is 14.9. The fourth-order valence-corrected chi connectivity index (χ4v) is 9.13. The Bertz CT molecular complexity index is 667. The van der Waals surface area contributed by atoms with Crippen LogP contribution in [0.2, 0.25) is 0 Å². The van der Waals surface area contributed by atoms with Gasteiger partial charge in [0, 0.05) is 13.2 Å². The quantitative estimate of drug-likeness (QED) is 0.535. The molecule has 8 atom stereocenters. The van der Waals surface area contributed by atoms with Gasteiger partial charge in [-0.2, -0.15) is 0 Å². The first-order valence-electron chi connectivity index (χ1n) is 13.5. The lowest BCUT2D eigenvalue weighted by Crippen LogP contribution is -2.50. The zero-order valence-corrected chi connectivity index (χ0v) is 20.0. The van der Waals surface area contributed by atoms with E-state index in [-0.39, 0.29) is 12.2 Å². The molecule has 1 saturated heterocycles.